The van der Waals surface area contributed by atoms with Crippen molar-refractivity contribution in [2.45, 2.75) is 0 Å². The van der Waals surface area contributed by atoms with E-state index in [2.05, 4.69) is 181 Å². The van der Waals surface area contributed by atoms with Gasteiger partial charge in [-0.25, -0.2) is 0 Å². The Balaban J connectivity index is 1.17. The quantitative estimate of drug-likeness (QED) is 0.187. The highest BCUT2D eigenvalue weighted by molar-refractivity contribution is 6.16. The molecule has 0 aliphatic carbocycles. The lowest BCUT2D eigenvalue weighted by Crippen LogP contribution is -2.11. The van der Waals surface area contributed by atoms with Gasteiger partial charge in [-0.1, -0.05) is 146 Å². The van der Waals surface area contributed by atoms with E-state index in [1.165, 1.54) is 32.7 Å². The fourth-order valence-corrected chi connectivity index (χ4v) is 7.66. The molecule has 50 heavy (non-hydrogen) atoms. The number of hydrogen-bond donors (Lipinski definition) is 0. The van der Waals surface area contributed by atoms with E-state index in [0.717, 1.165) is 60.9 Å². The van der Waals surface area contributed by atoms with Crippen LogP contribution in [0.15, 0.2) is 192 Å². The zero-order valence-corrected chi connectivity index (χ0v) is 27.3. The summed E-state index contributed by atoms with van der Waals surface area (Å²) in [6, 6.07) is 67.6. The molecule has 0 aliphatic rings. The standard InChI is InChI=1S/C48H31NO/c1-3-15-38-32(11-1)13-9-19-39(38)34-25-28-37(29-26-34)49(46-21-10-14-33-12-2-4-16-40(33)46)45-20-7-5-17-41(45)36-24-23-35-27-30-43-42-18-6-8-22-47(42)50-48(43)44(35)31-36/h1-31H. The van der Waals surface area contributed by atoms with Gasteiger partial charge in [0.2, 0.25) is 0 Å². The van der Waals surface area contributed by atoms with E-state index in [1.807, 2.05) is 12.1 Å². The van der Waals surface area contributed by atoms with Crippen LogP contribution >= 0.6 is 0 Å². The van der Waals surface area contributed by atoms with Gasteiger partial charge in [0.25, 0.3) is 0 Å². The second kappa shape index (κ2) is 11.5. The lowest BCUT2D eigenvalue weighted by molar-refractivity contribution is 0.672. The molecular formula is C48H31NO. The van der Waals surface area contributed by atoms with Crippen molar-refractivity contribution < 1.29 is 4.42 Å². The third-order valence-electron chi connectivity index (χ3n) is 10.1. The van der Waals surface area contributed by atoms with E-state index >= 15 is 0 Å². The van der Waals surface area contributed by atoms with E-state index in [0.29, 0.717) is 0 Å². The van der Waals surface area contributed by atoms with E-state index in [1.54, 1.807) is 0 Å². The van der Waals surface area contributed by atoms with Crippen LogP contribution in [0.3, 0.4) is 0 Å². The van der Waals surface area contributed by atoms with Gasteiger partial charge in [0.1, 0.15) is 11.2 Å². The molecule has 1 heterocycles. The summed E-state index contributed by atoms with van der Waals surface area (Å²) in [6.07, 6.45) is 0. The number of anilines is 3. The Morgan fingerprint density at radius 3 is 1.78 bits per heavy atom. The third kappa shape index (κ3) is 4.57. The van der Waals surface area contributed by atoms with Gasteiger partial charge in [0.15, 0.2) is 0 Å². The molecule has 0 saturated heterocycles. The smallest absolute Gasteiger partial charge is 0.143 e. The average molecular weight is 638 g/mol. The molecule has 0 radical (unpaired) electrons. The van der Waals surface area contributed by atoms with Crippen molar-refractivity contribution >= 4 is 71.3 Å². The molecule has 0 fully saturated rings. The zero-order chi connectivity index (χ0) is 33.0. The number of rotatable bonds is 5. The van der Waals surface area contributed by atoms with Crippen molar-refractivity contribution in [1.82, 2.24) is 0 Å². The largest absolute Gasteiger partial charge is 0.455 e. The predicted molar refractivity (Wildman–Crippen MR) is 212 cm³/mol. The number of benzene rings is 9. The van der Waals surface area contributed by atoms with Gasteiger partial charge >= 0.3 is 0 Å². The lowest BCUT2D eigenvalue weighted by Gasteiger charge is -2.29. The van der Waals surface area contributed by atoms with Crippen LogP contribution in [0, 0.1) is 0 Å². The Morgan fingerprint density at radius 1 is 0.340 bits per heavy atom. The van der Waals surface area contributed by atoms with Crippen LogP contribution in [-0.2, 0) is 0 Å². The first-order valence-electron chi connectivity index (χ1n) is 17.1. The van der Waals surface area contributed by atoms with E-state index in [4.69, 9.17) is 4.42 Å². The van der Waals surface area contributed by atoms with E-state index in [-0.39, 0.29) is 0 Å². The number of hydrogen-bond acceptors (Lipinski definition) is 2. The lowest BCUT2D eigenvalue weighted by atomic mass is 9.96. The number of nitrogens with zero attached hydrogens (tertiary/aromatic N) is 1. The molecule has 0 aliphatic heterocycles. The summed E-state index contributed by atoms with van der Waals surface area (Å²) in [5, 5.41) is 9.47. The van der Waals surface area contributed by atoms with E-state index < -0.39 is 0 Å². The molecule has 0 N–H and O–H groups in total. The maximum atomic E-state index is 6.49. The van der Waals surface area contributed by atoms with Gasteiger partial charge in [0, 0.05) is 32.8 Å². The Morgan fingerprint density at radius 2 is 0.920 bits per heavy atom. The van der Waals surface area contributed by atoms with Crippen molar-refractivity contribution in [3.63, 3.8) is 0 Å². The highest BCUT2D eigenvalue weighted by Gasteiger charge is 2.20. The molecule has 2 nitrogen and oxygen atoms in total. The van der Waals surface area contributed by atoms with Crippen LogP contribution in [-0.4, -0.2) is 0 Å². The molecule has 0 atom stereocenters. The van der Waals surface area contributed by atoms with Crippen molar-refractivity contribution in [2.24, 2.45) is 0 Å². The molecule has 0 unspecified atom stereocenters. The monoisotopic (exact) mass is 637 g/mol. The van der Waals surface area contributed by atoms with Gasteiger partial charge in [-0.3, -0.25) is 0 Å². The SMILES string of the molecule is c1ccc(N(c2ccc(-c3cccc4ccccc34)cc2)c2cccc3ccccc23)c(-c2ccc3ccc4c5ccccc5oc4c3c2)c1. The molecule has 10 rings (SSSR count). The summed E-state index contributed by atoms with van der Waals surface area (Å²) >= 11 is 0. The maximum Gasteiger partial charge on any atom is 0.143 e. The summed E-state index contributed by atoms with van der Waals surface area (Å²) in [7, 11) is 0. The van der Waals surface area contributed by atoms with Crippen molar-refractivity contribution in [2.75, 3.05) is 4.90 Å². The summed E-state index contributed by atoms with van der Waals surface area (Å²) in [6.45, 7) is 0. The Hall–Kier alpha value is -6.64. The van der Waals surface area contributed by atoms with Crippen LogP contribution in [0.1, 0.15) is 0 Å². The summed E-state index contributed by atoms with van der Waals surface area (Å²) in [5.41, 5.74) is 9.89. The minimum absolute atomic E-state index is 0.912. The number of fused-ring (bicyclic) bond motifs is 7. The van der Waals surface area contributed by atoms with Crippen molar-refractivity contribution in [3.8, 4) is 22.3 Å². The fourth-order valence-electron chi connectivity index (χ4n) is 7.66. The van der Waals surface area contributed by atoms with Crippen LogP contribution in [0.25, 0.3) is 76.5 Å². The summed E-state index contributed by atoms with van der Waals surface area (Å²) in [5.74, 6) is 0. The van der Waals surface area contributed by atoms with Crippen LogP contribution in [0.2, 0.25) is 0 Å². The minimum atomic E-state index is 0.912. The normalized spacial score (nSPS) is 11.6. The molecule has 1 aromatic heterocycles. The second-order valence-corrected chi connectivity index (χ2v) is 12.9. The highest BCUT2D eigenvalue weighted by Crippen LogP contribution is 2.45. The molecular weight excluding hydrogens is 607 g/mol. The molecule has 0 bridgehead atoms. The number of furan rings is 1. The second-order valence-electron chi connectivity index (χ2n) is 12.9. The molecule has 10 aromatic rings. The van der Waals surface area contributed by atoms with Crippen molar-refractivity contribution in [1.29, 1.82) is 0 Å². The Labute approximate surface area is 290 Å². The Kier molecular flexibility index (Phi) is 6.53. The summed E-state index contributed by atoms with van der Waals surface area (Å²) < 4.78 is 6.49. The number of para-hydroxylation sites is 2. The van der Waals surface area contributed by atoms with Gasteiger partial charge < -0.3 is 9.32 Å². The van der Waals surface area contributed by atoms with Gasteiger partial charge in [-0.05, 0) is 80.7 Å². The van der Waals surface area contributed by atoms with Gasteiger partial charge in [0.05, 0.1) is 11.4 Å². The predicted octanol–water partition coefficient (Wildman–Crippen LogP) is 13.8. The van der Waals surface area contributed by atoms with E-state index in [9.17, 15) is 0 Å². The Bertz CT molecular complexity index is 2870. The van der Waals surface area contributed by atoms with Gasteiger partial charge in [-0.15, -0.1) is 0 Å². The molecule has 0 saturated carbocycles. The summed E-state index contributed by atoms with van der Waals surface area (Å²) in [4.78, 5) is 2.41. The molecule has 0 spiro atoms. The van der Waals surface area contributed by atoms with Gasteiger partial charge in [-0.2, -0.15) is 0 Å². The molecule has 0 amide bonds. The first kappa shape index (κ1) is 28.4. The maximum absolute atomic E-state index is 6.49. The van der Waals surface area contributed by atoms with Crippen LogP contribution in [0.5, 0.6) is 0 Å². The first-order valence-corrected chi connectivity index (χ1v) is 17.1. The molecule has 2 heteroatoms. The van der Waals surface area contributed by atoms with Crippen LogP contribution in [0.4, 0.5) is 17.1 Å². The highest BCUT2D eigenvalue weighted by atomic mass is 16.3. The third-order valence-corrected chi connectivity index (χ3v) is 10.1. The fraction of sp³-hybridized carbons (Fsp3) is 0. The molecule has 9 aromatic carbocycles. The molecule has 234 valence electrons. The van der Waals surface area contributed by atoms with Crippen molar-refractivity contribution in [3.05, 3.63) is 188 Å². The first-order chi connectivity index (χ1) is 24.8. The zero-order valence-electron chi connectivity index (χ0n) is 27.3. The average Bonchev–Trinajstić information content (AvgIpc) is 3.58. The topological polar surface area (TPSA) is 16.4 Å². The van der Waals surface area contributed by atoms with Crippen LogP contribution < -0.4 is 4.90 Å². The minimum Gasteiger partial charge on any atom is -0.455 e.